The second-order valence-corrected chi connectivity index (χ2v) is 7.18. The highest BCUT2D eigenvalue weighted by atomic mass is 19.3. The molecule has 0 saturated carbocycles. The molecule has 1 aliphatic carbocycles. The van der Waals surface area contributed by atoms with Crippen LogP contribution in [0.2, 0.25) is 0 Å². The molecule has 0 radical (unpaired) electrons. The average Bonchev–Trinajstić information content (AvgIpc) is 2.84. The number of carbonyl (C=O) groups excluding carboxylic acids is 1. The molecule has 3 rings (SSSR count). The molecule has 1 amide bonds. The average molecular weight is 325 g/mol. The number of amides is 1. The summed E-state index contributed by atoms with van der Waals surface area (Å²) in [5.41, 5.74) is 2.12. The van der Waals surface area contributed by atoms with Crippen molar-refractivity contribution in [3.8, 4) is 0 Å². The van der Waals surface area contributed by atoms with E-state index in [9.17, 15) is 13.6 Å². The molecule has 1 aromatic rings. The minimum absolute atomic E-state index is 0.0362. The highest BCUT2D eigenvalue weighted by Crippen LogP contribution is 2.31. The third-order valence-electron chi connectivity index (χ3n) is 4.99. The summed E-state index contributed by atoms with van der Waals surface area (Å²) in [5, 5.41) is 0. The molecule has 1 N–H and O–H groups in total. The minimum atomic E-state index is -2.62. The Morgan fingerprint density at radius 2 is 2.13 bits per heavy atom. The zero-order valence-corrected chi connectivity index (χ0v) is 13.9. The Labute approximate surface area is 135 Å². The lowest BCUT2D eigenvalue weighted by Gasteiger charge is -2.28. The minimum Gasteiger partial charge on any atom is -0.345 e. The first-order valence-electron chi connectivity index (χ1n) is 8.60. The largest absolute Gasteiger partial charge is 0.345 e. The number of aromatic nitrogens is 2. The van der Waals surface area contributed by atoms with Crippen LogP contribution in [0.4, 0.5) is 8.78 Å². The summed E-state index contributed by atoms with van der Waals surface area (Å²) in [4.78, 5) is 22.3. The van der Waals surface area contributed by atoms with Crippen molar-refractivity contribution in [3.05, 3.63) is 17.2 Å². The van der Waals surface area contributed by atoms with Crippen LogP contribution in [0.5, 0.6) is 0 Å². The van der Waals surface area contributed by atoms with Crippen molar-refractivity contribution in [1.29, 1.82) is 0 Å². The molecule has 1 atom stereocenters. The molecule has 23 heavy (non-hydrogen) atoms. The Morgan fingerprint density at radius 3 is 2.87 bits per heavy atom. The molecule has 2 heterocycles. The van der Waals surface area contributed by atoms with Crippen molar-refractivity contribution < 1.29 is 13.6 Å². The van der Waals surface area contributed by atoms with Gasteiger partial charge in [-0.3, -0.25) is 4.79 Å². The number of hydrogen-bond acceptors (Lipinski definition) is 2. The van der Waals surface area contributed by atoms with Gasteiger partial charge in [0.2, 0.25) is 11.8 Å². The lowest BCUT2D eigenvalue weighted by atomic mass is 9.88. The maximum atomic E-state index is 13.5. The van der Waals surface area contributed by atoms with E-state index in [4.69, 9.17) is 0 Å². The van der Waals surface area contributed by atoms with Gasteiger partial charge in [-0.1, -0.05) is 13.8 Å². The summed E-state index contributed by atoms with van der Waals surface area (Å²) >= 11 is 0. The molecular weight excluding hydrogens is 300 g/mol. The van der Waals surface area contributed by atoms with Gasteiger partial charge < -0.3 is 9.88 Å². The van der Waals surface area contributed by atoms with E-state index >= 15 is 0 Å². The van der Waals surface area contributed by atoms with E-state index < -0.39 is 5.92 Å². The number of imidazole rings is 1. The SMILES string of the molecule is CC(C)c1nc2c([nH]1)C[C@@H](C(=O)N1CCCC(F)(F)CC1)CC2. The Morgan fingerprint density at radius 1 is 1.35 bits per heavy atom. The molecule has 0 aromatic carbocycles. The number of fused-ring (bicyclic) bond motifs is 1. The fourth-order valence-corrected chi connectivity index (χ4v) is 3.53. The number of nitrogens with one attached hydrogen (secondary N) is 1. The number of aryl methyl sites for hydroxylation is 1. The number of aromatic amines is 1. The monoisotopic (exact) mass is 325 g/mol. The number of carbonyl (C=O) groups is 1. The molecule has 2 aliphatic rings. The molecule has 1 saturated heterocycles. The lowest BCUT2D eigenvalue weighted by molar-refractivity contribution is -0.136. The summed E-state index contributed by atoms with van der Waals surface area (Å²) in [6.07, 6.45) is 2.28. The first-order valence-corrected chi connectivity index (χ1v) is 8.60. The molecule has 0 unspecified atom stereocenters. The Kier molecular flexibility index (Phi) is 4.43. The van der Waals surface area contributed by atoms with Crippen LogP contribution in [-0.4, -0.2) is 39.8 Å². The van der Waals surface area contributed by atoms with Crippen molar-refractivity contribution in [2.75, 3.05) is 13.1 Å². The van der Waals surface area contributed by atoms with Crippen LogP contribution >= 0.6 is 0 Å². The standard InChI is InChI=1S/C17H25F2N3O/c1-11(2)15-20-13-5-4-12(10-14(13)21-15)16(23)22-8-3-6-17(18,19)7-9-22/h11-12H,3-10H2,1-2H3,(H,20,21)/t12-/m0/s1. The van der Waals surface area contributed by atoms with Gasteiger partial charge in [0.05, 0.1) is 5.69 Å². The van der Waals surface area contributed by atoms with Crippen LogP contribution < -0.4 is 0 Å². The smallest absolute Gasteiger partial charge is 0.249 e. The van der Waals surface area contributed by atoms with Crippen LogP contribution in [0.15, 0.2) is 0 Å². The van der Waals surface area contributed by atoms with E-state index in [1.54, 1.807) is 4.90 Å². The van der Waals surface area contributed by atoms with Crippen LogP contribution in [0.25, 0.3) is 0 Å². The molecule has 0 spiro atoms. The molecule has 1 fully saturated rings. The number of likely N-dealkylation sites (tertiary alicyclic amines) is 1. The molecule has 128 valence electrons. The van der Waals surface area contributed by atoms with E-state index in [1.165, 1.54) is 0 Å². The van der Waals surface area contributed by atoms with E-state index in [2.05, 4.69) is 23.8 Å². The second-order valence-electron chi connectivity index (χ2n) is 7.18. The predicted molar refractivity (Wildman–Crippen MR) is 83.6 cm³/mol. The number of rotatable bonds is 2. The second kappa shape index (κ2) is 6.21. The van der Waals surface area contributed by atoms with Crippen LogP contribution in [0, 0.1) is 5.92 Å². The first-order chi connectivity index (χ1) is 10.9. The van der Waals surface area contributed by atoms with Crippen LogP contribution in [0.1, 0.15) is 62.7 Å². The molecule has 4 nitrogen and oxygen atoms in total. The molecular formula is C17H25F2N3O. The zero-order chi connectivity index (χ0) is 16.6. The number of halogens is 2. The normalized spacial score (nSPS) is 24.4. The van der Waals surface area contributed by atoms with Gasteiger partial charge in [0.1, 0.15) is 5.82 Å². The number of alkyl halides is 2. The van der Waals surface area contributed by atoms with Gasteiger partial charge in [0.25, 0.3) is 0 Å². The maximum Gasteiger partial charge on any atom is 0.249 e. The van der Waals surface area contributed by atoms with Crippen LogP contribution in [0.3, 0.4) is 0 Å². The van der Waals surface area contributed by atoms with Gasteiger partial charge in [-0.15, -0.1) is 0 Å². The summed E-state index contributed by atoms with van der Waals surface area (Å²) < 4.78 is 26.9. The number of nitrogens with zero attached hydrogens (tertiary/aromatic N) is 2. The summed E-state index contributed by atoms with van der Waals surface area (Å²) in [6, 6.07) is 0. The van der Waals surface area contributed by atoms with E-state index in [0.29, 0.717) is 25.3 Å². The van der Waals surface area contributed by atoms with E-state index in [1.807, 2.05) is 0 Å². The van der Waals surface area contributed by atoms with Crippen molar-refractivity contribution in [2.24, 2.45) is 5.92 Å². The Balaban J connectivity index is 1.67. The molecule has 0 bridgehead atoms. The van der Waals surface area contributed by atoms with Crippen molar-refractivity contribution in [3.63, 3.8) is 0 Å². The predicted octanol–water partition coefficient (Wildman–Crippen LogP) is 3.29. The zero-order valence-electron chi connectivity index (χ0n) is 13.9. The Hall–Kier alpha value is -1.46. The van der Waals surface area contributed by atoms with Crippen molar-refractivity contribution >= 4 is 5.91 Å². The summed E-state index contributed by atoms with van der Waals surface area (Å²) in [6.45, 7) is 4.81. The maximum absolute atomic E-state index is 13.5. The summed E-state index contributed by atoms with van der Waals surface area (Å²) in [7, 11) is 0. The molecule has 6 heteroatoms. The summed E-state index contributed by atoms with van der Waals surface area (Å²) in [5.74, 6) is -1.38. The quantitative estimate of drug-likeness (QED) is 0.907. The fourth-order valence-electron chi connectivity index (χ4n) is 3.53. The van der Waals surface area contributed by atoms with Crippen LogP contribution in [-0.2, 0) is 17.6 Å². The van der Waals surface area contributed by atoms with Gasteiger partial charge >= 0.3 is 0 Å². The van der Waals surface area contributed by atoms with Gasteiger partial charge in [-0.05, 0) is 19.3 Å². The molecule has 1 aliphatic heterocycles. The third-order valence-corrected chi connectivity index (χ3v) is 4.99. The molecule has 1 aromatic heterocycles. The van der Waals surface area contributed by atoms with E-state index in [0.717, 1.165) is 30.1 Å². The number of hydrogen-bond donors (Lipinski definition) is 1. The van der Waals surface area contributed by atoms with Gasteiger partial charge in [-0.25, -0.2) is 13.8 Å². The highest BCUT2D eigenvalue weighted by molar-refractivity contribution is 5.79. The van der Waals surface area contributed by atoms with Crippen molar-refractivity contribution in [2.45, 2.75) is 64.2 Å². The topological polar surface area (TPSA) is 49.0 Å². The first kappa shape index (κ1) is 16.4. The number of H-pyrrole nitrogens is 1. The van der Waals surface area contributed by atoms with E-state index in [-0.39, 0.29) is 31.2 Å². The van der Waals surface area contributed by atoms with Gasteiger partial charge in [-0.2, -0.15) is 0 Å². The van der Waals surface area contributed by atoms with Crippen molar-refractivity contribution in [1.82, 2.24) is 14.9 Å². The highest BCUT2D eigenvalue weighted by Gasteiger charge is 2.36. The Bertz CT molecular complexity index is 582. The third kappa shape index (κ3) is 3.56. The fraction of sp³-hybridized carbons (Fsp3) is 0.765. The lowest BCUT2D eigenvalue weighted by Crippen LogP contribution is -2.39. The van der Waals surface area contributed by atoms with Gasteiger partial charge in [0.15, 0.2) is 0 Å². The van der Waals surface area contributed by atoms with Gasteiger partial charge in [0, 0.05) is 49.9 Å².